The van der Waals surface area contributed by atoms with E-state index in [-0.39, 0.29) is 12.0 Å². The normalized spacial score (nSPS) is 20.4. The van der Waals surface area contributed by atoms with Gasteiger partial charge in [-0.1, -0.05) is 0 Å². The second kappa shape index (κ2) is 6.07. The predicted octanol–water partition coefficient (Wildman–Crippen LogP) is 2.07. The van der Waals surface area contributed by atoms with Crippen LogP contribution in [0, 0.1) is 9.49 Å². The number of hydrogen-bond donors (Lipinski definition) is 1. The molecule has 1 atom stereocenters. The standard InChI is InChI=1S/C13H18INO3S/c1-10(16)11-6-8-15(9-7-11)19(17,18)13-4-2-12(14)3-5-13/h2-5,10-11,16H,6-9H2,1H3. The summed E-state index contributed by atoms with van der Waals surface area (Å²) in [5, 5.41) is 9.54. The predicted molar refractivity (Wildman–Crippen MR) is 82.3 cm³/mol. The molecule has 1 aromatic carbocycles. The minimum Gasteiger partial charge on any atom is -0.393 e. The summed E-state index contributed by atoms with van der Waals surface area (Å²) in [6, 6.07) is 6.90. The summed E-state index contributed by atoms with van der Waals surface area (Å²) in [6.45, 7) is 2.75. The van der Waals surface area contributed by atoms with Crippen molar-refractivity contribution in [2.75, 3.05) is 13.1 Å². The van der Waals surface area contributed by atoms with E-state index in [4.69, 9.17) is 0 Å². The average molecular weight is 395 g/mol. The van der Waals surface area contributed by atoms with Gasteiger partial charge in [-0.05, 0) is 72.5 Å². The van der Waals surface area contributed by atoms with Crippen LogP contribution in [0.15, 0.2) is 29.2 Å². The molecule has 0 bridgehead atoms. The van der Waals surface area contributed by atoms with Gasteiger partial charge in [0.25, 0.3) is 0 Å². The van der Waals surface area contributed by atoms with E-state index in [1.54, 1.807) is 31.2 Å². The van der Waals surface area contributed by atoms with Crippen molar-refractivity contribution in [2.24, 2.45) is 5.92 Å². The van der Waals surface area contributed by atoms with Crippen LogP contribution in [0.2, 0.25) is 0 Å². The van der Waals surface area contributed by atoms with Crippen LogP contribution in [0.25, 0.3) is 0 Å². The van der Waals surface area contributed by atoms with Crippen LogP contribution in [-0.2, 0) is 10.0 Å². The molecule has 2 rings (SSSR count). The van der Waals surface area contributed by atoms with Crippen LogP contribution in [-0.4, -0.2) is 37.0 Å². The molecule has 0 amide bonds. The van der Waals surface area contributed by atoms with Gasteiger partial charge in [-0.15, -0.1) is 0 Å². The average Bonchev–Trinajstić information content (AvgIpc) is 2.39. The lowest BCUT2D eigenvalue weighted by molar-refractivity contribution is 0.0912. The molecule has 1 N–H and O–H groups in total. The number of nitrogens with zero attached hydrogens (tertiary/aromatic N) is 1. The first-order valence-electron chi connectivity index (χ1n) is 6.35. The fraction of sp³-hybridized carbons (Fsp3) is 0.538. The maximum absolute atomic E-state index is 12.4. The smallest absolute Gasteiger partial charge is 0.243 e. The Morgan fingerprint density at radius 2 is 1.79 bits per heavy atom. The summed E-state index contributed by atoms with van der Waals surface area (Å²) < 4.78 is 27.4. The van der Waals surface area contributed by atoms with Gasteiger partial charge in [0.15, 0.2) is 0 Å². The maximum Gasteiger partial charge on any atom is 0.243 e. The molecule has 1 fully saturated rings. The van der Waals surface area contributed by atoms with Crippen molar-refractivity contribution in [3.63, 3.8) is 0 Å². The number of aliphatic hydroxyl groups excluding tert-OH is 1. The molecule has 0 aliphatic carbocycles. The summed E-state index contributed by atoms with van der Waals surface area (Å²) >= 11 is 2.15. The van der Waals surface area contributed by atoms with Gasteiger partial charge in [0, 0.05) is 16.7 Å². The number of hydrogen-bond acceptors (Lipinski definition) is 3. The van der Waals surface area contributed by atoms with Gasteiger partial charge in [0.05, 0.1) is 11.0 Å². The second-order valence-electron chi connectivity index (χ2n) is 4.94. The van der Waals surface area contributed by atoms with E-state index < -0.39 is 10.0 Å². The van der Waals surface area contributed by atoms with Gasteiger partial charge >= 0.3 is 0 Å². The zero-order valence-electron chi connectivity index (χ0n) is 10.8. The van der Waals surface area contributed by atoms with E-state index in [0.717, 1.165) is 16.4 Å². The molecule has 0 spiro atoms. The highest BCUT2D eigenvalue weighted by Crippen LogP contribution is 2.25. The van der Waals surface area contributed by atoms with Crippen LogP contribution in [0.4, 0.5) is 0 Å². The van der Waals surface area contributed by atoms with E-state index in [1.165, 1.54) is 4.31 Å². The van der Waals surface area contributed by atoms with Crippen molar-refractivity contribution in [1.82, 2.24) is 4.31 Å². The Morgan fingerprint density at radius 1 is 1.26 bits per heavy atom. The minimum atomic E-state index is -3.38. The number of rotatable bonds is 3. The molecule has 0 saturated carbocycles. The Kier molecular flexibility index (Phi) is 4.86. The van der Waals surface area contributed by atoms with E-state index in [0.29, 0.717) is 18.0 Å². The molecule has 0 radical (unpaired) electrons. The fourth-order valence-corrected chi connectivity index (χ4v) is 4.18. The third-order valence-corrected chi connectivity index (χ3v) is 6.26. The van der Waals surface area contributed by atoms with E-state index in [9.17, 15) is 13.5 Å². The largest absolute Gasteiger partial charge is 0.393 e. The molecule has 106 valence electrons. The third-order valence-electron chi connectivity index (χ3n) is 3.63. The highest BCUT2D eigenvalue weighted by Gasteiger charge is 2.30. The van der Waals surface area contributed by atoms with Crippen LogP contribution in [0.3, 0.4) is 0 Å². The molecule has 1 heterocycles. The molecule has 6 heteroatoms. The highest BCUT2D eigenvalue weighted by atomic mass is 127. The number of aliphatic hydroxyl groups is 1. The molecule has 1 aliphatic rings. The zero-order valence-corrected chi connectivity index (χ0v) is 13.8. The van der Waals surface area contributed by atoms with E-state index in [2.05, 4.69) is 22.6 Å². The SMILES string of the molecule is CC(O)C1CCN(S(=O)(=O)c2ccc(I)cc2)CC1. The van der Waals surface area contributed by atoms with E-state index in [1.807, 2.05) is 0 Å². The molecule has 1 aromatic rings. The molecule has 1 unspecified atom stereocenters. The quantitative estimate of drug-likeness (QED) is 0.798. The summed E-state index contributed by atoms with van der Waals surface area (Å²) in [6.07, 6.45) is 1.09. The Labute approximate surface area is 128 Å². The van der Waals surface area contributed by atoms with E-state index >= 15 is 0 Å². The maximum atomic E-state index is 12.4. The molecule has 19 heavy (non-hydrogen) atoms. The molecule has 1 saturated heterocycles. The number of sulfonamides is 1. The van der Waals surface area contributed by atoms with Crippen molar-refractivity contribution >= 4 is 32.6 Å². The molecular formula is C13H18INO3S. The lowest BCUT2D eigenvalue weighted by Gasteiger charge is -2.32. The number of halogens is 1. The first kappa shape index (κ1) is 15.2. The Hall–Kier alpha value is -0.180. The van der Waals surface area contributed by atoms with Crippen molar-refractivity contribution in [1.29, 1.82) is 0 Å². The van der Waals surface area contributed by atoms with Crippen LogP contribution in [0.5, 0.6) is 0 Å². The van der Waals surface area contributed by atoms with Gasteiger partial charge in [-0.2, -0.15) is 4.31 Å². The molecule has 1 aliphatic heterocycles. The Bertz CT molecular complexity index is 519. The summed E-state index contributed by atoms with van der Waals surface area (Å²) in [5.74, 6) is 0.211. The first-order valence-corrected chi connectivity index (χ1v) is 8.87. The topological polar surface area (TPSA) is 57.6 Å². The van der Waals surface area contributed by atoms with Gasteiger partial charge < -0.3 is 5.11 Å². The van der Waals surface area contributed by atoms with Crippen molar-refractivity contribution in [2.45, 2.75) is 30.8 Å². The lowest BCUT2D eigenvalue weighted by atomic mass is 9.93. The summed E-state index contributed by atoms with van der Waals surface area (Å²) in [7, 11) is -3.38. The zero-order chi connectivity index (χ0) is 14.0. The fourth-order valence-electron chi connectivity index (χ4n) is 2.35. The summed E-state index contributed by atoms with van der Waals surface area (Å²) in [5.41, 5.74) is 0. The minimum absolute atomic E-state index is 0.211. The lowest BCUT2D eigenvalue weighted by Crippen LogP contribution is -2.40. The Balaban J connectivity index is 2.12. The van der Waals surface area contributed by atoms with Crippen molar-refractivity contribution in [3.05, 3.63) is 27.8 Å². The van der Waals surface area contributed by atoms with Crippen LogP contribution < -0.4 is 0 Å². The van der Waals surface area contributed by atoms with Gasteiger partial charge in [0.1, 0.15) is 0 Å². The van der Waals surface area contributed by atoms with Crippen molar-refractivity contribution < 1.29 is 13.5 Å². The Morgan fingerprint density at radius 3 is 2.26 bits per heavy atom. The number of piperidine rings is 1. The van der Waals surface area contributed by atoms with Crippen molar-refractivity contribution in [3.8, 4) is 0 Å². The number of benzene rings is 1. The molecule has 4 nitrogen and oxygen atoms in total. The van der Waals surface area contributed by atoms with Crippen LogP contribution in [0.1, 0.15) is 19.8 Å². The molecule has 0 aromatic heterocycles. The second-order valence-corrected chi connectivity index (χ2v) is 8.12. The van der Waals surface area contributed by atoms with Gasteiger partial charge in [-0.3, -0.25) is 0 Å². The van der Waals surface area contributed by atoms with Gasteiger partial charge in [0.2, 0.25) is 10.0 Å². The monoisotopic (exact) mass is 395 g/mol. The van der Waals surface area contributed by atoms with Crippen LogP contribution >= 0.6 is 22.6 Å². The first-order chi connectivity index (χ1) is 8.91. The highest BCUT2D eigenvalue weighted by molar-refractivity contribution is 14.1. The van der Waals surface area contributed by atoms with Gasteiger partial charge in [-0.25, -0.2) is 8.42 Å². The third kappa shape index (κ3) is 3.48. The molecular weight excluding hydrogens is 377 g/mol. The summed E-state index contributed by atoms with van der Waals surface area (Å²) in [4.78, 5) is 0.350.